The van der Waals surface area contributed by atoms with E-state index in [0.29, 0.717) is 12.6 Å². The summed E-state index contributed by atoms with van der Waals surface area (Å²) in [5.74, 6) is 0. The molecule has 68 valence electrons. The summed E-state index contributed by atoms with van der Waals surface area (Å²) in [6.45, 7) is 9.38. The monoisotopic (exact) mass is 158 g/mol. The molecule has 0 saturated heterocycles. The molecule has 0 aliphatic rings. The lowest BCUT2D eigenvalue weighted by molar-refractivity contribution is 0.340. The smallest absolute Gasteiger partial charge is 0.0249 e. The van der Waals surface area contributed by atoms with Gasteiger partial charge >= 0.3 is 0 Å². The molecular weight excluding hydrogens is 136 g/mol. The van der Waals surface area contributed by atoms with Crippen molar-refractivity contribution in [3.63, 3.8) is 0 Å². The van der Waals surface area contributed by atoms with Crippen LogP contribution in [0.1, 0.15) is 40.5 Å². The van der Waals surface area contributed by atoms with E-state index in [9.17, 15) is 0 Å². The average Bonchev–Trinajstić information content (AvgIpc) is 1.87. The molecule has 0 radical (unpaired) electrons. The van der Waals surface area contributed by atoms with Gasteiger partial charge in [0.1, 0.15) is 0 Å². The molecule has 2 heteroatoms. The lowest BCUT2D eigenvalue weighted by atomic mass is 10.0. The number of nitrogens with one attached hydrogen (secondary N) is 1. The summed E-state index contributed by atoms with van der Waals surface area (Å²) in [6.07, 6.45) is 2.46. The van der Waals surface area contributed by atoms with Crippen LogP contribution in [0.25, 0.3) is 0 Å². The van der Waals surface area contributed by atoms with Crippen molar-refractivity contribution < 1.29 is 0 Å². The third-order valence-corrected chi connectivity index (χ3v) is 1.87. The van der Waals surface area contributed by atoms with E-state index in [-0.39, 0.29) is 5.54 Å². The molecule has 0 rings (SSSR count). The van der Waals surface area contributed by atoms with E-state index >= 15 is 0 Å². The molecule has 0 aromatic rings. The van der Waals surface area contributed by atoms with Gasteiger partial charge in [-0.1, -0.05) is 13.3 Å². The second kappa shape index (κ2) is 4.73. The molecule has 1 unspecified atom stereocenters. The SMILES string of the molecule is CCCC(C)NC(C)(C)CN. The first-order chi connectivity index (χ1) is 5.02. The minimum absolute atomic E-state index is 0.0919. The summed E-state index contributed by atoms with van der Waals surface area (Å²) in [5.41, 5.74) is 5.68. The highest BCUT2D eigenvalue weighted by Crippen LogP contribution is 2.04. The Morgan fingerprint density at radius 1 is 1.45 bits per heavy atom. The van der Waals surface area contributed by atoms with Crippen LogP contribution in [0.2, 0.25) is 0 Å². The molecule has 0 heterocycles. The Morgan fingerprint density at radius 2 is 2.00 bits per heavy atom. The summed E-state index contributed by atoms with van der Waals surface area (Å²) in [6, 6.07) is 0.582. The van der Waals surface area contributed by atoms with Gasteiger partial charge in [0.15, 0.2) is 0 Å². The van der Waals surface area contributed by atoms with E-state index in [4.69, 9.17) is 5.73 Å². The highest BCUT2D eigenvalue weighted by molar-refractivity contribution is 4.80. The minimum atomic E-state index is 0.0919. The third-order valence-electron chi connectivity index (χ3n) is 1.87. The Morgan fingerprint density at radius 3 is 2.36 bits per heavy atom. The van der Waals surface area contributed by atoms with Crippen molar-refractivity contribution in [3.05, 3.63) is 0 Å². The number of hydrogen-bond donors (Lipinski definition) is 2. The van der Waals surface area contributed by atoms with Crippen molar-refractivity contribution in [2.24, 2.45) is 5.73 Å². The van der Waals surface area contributed by atoms with Crippen molar-refractivity contribution >= 4 is 0 Å². The average molecular weight is 158 g/mol. The molecule has 0 aliphatic heterocycles. The fourth-order valence-corrected chi connectivity index (χ4v) is 1.23. The molecule has 0 aromatic heterocycles. The van der Waals surface area contributed by atoms with Gasteiger partial charge in [0.2, 0.25) is 0 Å². The summed E-state index contributed by atoms with van der Waals surface area (Å²) in [7, 11) is 0. The predicted molar refractivity (Wildman–Crippen MR) is 50.6 cm³/mol. The van der Waals surface area contributed by atoms with Gasteiger partial charge in [-0.3, -0.25) is 0 Å². The Labute approximate surface area is 70.5 Å². The zero-order valence-corrected chi connectivity index (χ0v) is 8.28. The first kappa shape index (κ1) is 10.9. The van der Waals surface area contributed by atoms with Gasteiger partial charge in [0.05, 0.1) is 0 Å². The maximum Gasteiger partial charge on any atom is 0.0249 e. The molecule has 0 bridgehead atoms. The van der Waals surface area contributed by atoms with Crippen LogP contribution < -0.4 is 11.1 Å². The molecule has 0 aliphatic carbocycles. The zero-order valence-electron chi connectivity index (χ0n) is 8.28. The van der Waals surface area contributed by atoms with Gasteiger partial charge in [0, 0.05) is 18.1 Å². The van der Waals surface area contributed by atoms with Gasteiger partial charge in [0.25, 0.3) is 0 Å². The predicted octanol–water partition coefficient (Wildman–Crippen LogP) is 1.50. The lowest BCUT2D eigenvalue weighted by Crippen LogP contribution is -2.49. The highest BCUT2D eigenvalue weighted by Gasteiger charge is 2.16. The van der Waals surface area contributed by atoms with E-state index in [1.54, 1.807) is 0 Å². The molecule has 3 N–H and O–H groups in total. The molecular formula is C9H22N2. The van der Waals surface area contributed by atoms with E-state index in [2.05, 4.69) is 33.0 Å². The van der Waals surface area contributed by atoms with E-state index in [0.717, 1.165) is 0 Å². The Kier molecular flexibility index (Phi) is 4.69. The van der Waals surface area contributed by atoms with Crippen LogP contribution in [0.3, 0.4) is 0 Å². The minimum Gasteiger partial charge on any atom is -0.329 e. The number of nitrogens with two attached hydrogens (primary N) is 1. The molecule has 11 heavy (non-hydrogen) atoms. The second-order valence-electron chi connectivity index (χ2n) is 3.92. The molecule has 0 spiro atoms. The maximum atomic E-state index is 5.59. The van der Waals surface area contributed by atoms with Crippen LogP contribution in [0.5, 0.6) is 0 Å². The van der Waals surface area contributed by atoms with Crippen LogP contribution in [0, 0.1) is 0 Å². The summed E-state index contributed by atoms with van der Waals surface area (Å²) >= 11 is 0. The fourth-order valence-electron chi connectivity index (χ4n) is 1.23. The van der Waals surface area contributed by atoms with Gasteiger partial charge in [-0.15, -0.1) is 0 Å². The fraction of sp³-hybridized carbons (Fsp3) is 1.00. The Hall–Kier alpha value is -0.0800. The largest absolute Gasteiger partial charge is 0.329 e. The quantitative estimate of drug-likeness (QED) is 0.636. The normalized spacial score (nSPS) is 15.0. The van der Waals surface area contributed by atoms with Gasteiger partial charge in [-0.2, -0.15) is 0 Å². The van der Waals surface area contributed by atoms with Gasteiger partial charge in [-0.25, -0.2) is 0 Å². The third kappa shape index (κ3) is 5.22. The van der Waals surface area contributed by atoms with Crippen LogP contribution in [-0.4, -0.2) is 18.1 Å². The number of hydrogen-bond acceptors (Lipinski definition) is 2. The lowest BCUT2D eigenvalue weighted by Gasteiger charge is -2.28. The molecule has 0 saturated carbocycles. The van der Waals surface area contributed by atoms with Crippen molar-refractivity contribution in [3.8, 4) is 0 Å². The van der Waals surface area contributed by atoms with E-state index in [1.165, 1.54) is 12.8 Å². The summed E-state index contributed by atoms with van der Waals surface area (Å²) in [4.78, 5) is 0. The van der Waals surface area contributed by atoms with Gasteiger partial charge < -0.3 is 11.1 Å². The highest BCUT2D eigenvalue weighted by atomic mass is 15.0. The van der Waals surface area contributed by atoms with Crippen molar-refractivity contribution in [1.29, 1.82) is 0 Å². The summed E-state index contributed by atoms with van der Waals surface area (Å²) < 4.78 is 0. The first-order valence-electron chi connectivity index (χ1n) is 4.49. The van der Waals surface area contributed by atoms with Crippen LogP contribution in [-0.2, 0) is 0 Å². The van der Waals surface area contributed by atoms with E-state index in [1.807, 2.05) is 0 Å². The van der Waals surface area contributed by atoms with Crippen molar-refractivity contribution in [1.82, 2.24) is 5.32 Å². The molecule has 2 nitrogen and oxygen atoms in total. The van der Waals surface area contributed by atoms with Crippen LogP contribution in [0.4, 0.5) is 0 Å². The van der Waals surface area contributed by atoms with Crippen molar-refractivity contribution in [2.75, 3.05) is 6.54 Å². The Bertz CT molecular complexity index is 99.7. The van der Waals surface area contributed by atoms with Crippen LogP contribution in [0.15, 0.2) is 0 Å². The second-order valence-corrected chi connectivity index (χ2v) is 3.92. The molecule has 0 fully saturated rings. The van der Waals surface area contributed by atoms with Crippen molar-refractivity contribution in [2.45, 2.75) is 52.1 Å². The Balaban J connectivity index is 3.64. The first-order valence-corrected chi connectivity index (χ1v) is 4.49. The van der Waals surface area contributed by atoms with Gasteiger partial charge in [-0.05, 0) is 27.2 Å². The molecule has 1 atom stereocenters. The zero-order chi connectivity index (χ0) is 8.91. The number of rotatable bonds is 5. The van der Waals surface area contributed by atoms with E-state index < -0.39 is 0 Å². The molecule has 0 amide bonds. The molecule has 0 aromatic carbocycles. The topological polar surface area (TPSA) is 38.0 Å². The maximum absolute atomic E-state index is 5.59. The summed E-state index contributed by atoms with van der Waals surface area (Å²) in [5, 5.41) is 3.48. The standard InChI is InChI=1S/C9H22N2/c1-5-6-8(2)11-9(3,4)7-10/h8,11H,5-7,10H2,1-4H3. The van der Waals surface area contributed by atoms with Crippen LogP contribution >= 0.6 is 0 Å².